The van der Waals surface area contributed by atoms with Gasteiger partial charge in [-0.15, -0.1) is 0 Å². The first-order valence-corrected chi connectivity index (χ1v) is 11.5. The summed E-state index contributed by atoms with van der Waals surface area (Å²) in [4.78, 5) is 33.1. The Labute approximate surface area is 199 Å². The van der Waals surface area contributed by atoms with Gasteiger partial charge in [0, 0.05) is 25.7 Å². The van der Waals surface area contributed by atoms with Crippen LogP contribution in [-0.2, 0) is 16.0 Å². The number of nitrogens with zero attached hydrogens (tertiary/aromatic N) is 5. The van der Waals surface area contributed by atoms with Crippen LogP contribution in [0.1, 0.15) is 63.6 Å². The Morgan fingerprint density at radius 2 is 1.82 bits per heavy atom. The summed E-state index contributed by atoms with van der Waals surface area (Å²) in [7, 11) is 0. The topological polar surface area (TPSA) is 122 Å². The average Bonchev–Trinajstić information content (AvgIpc) is 3.11. The number of pyridine rings is 1. The van der Waals surface area contributed by atoms with Gasteiger partial charge in [-0.3, -0.25) is 4.79 Å². The van der Waals surface area contributed by atoms with Gasteiger partial charge in [-0.1, -0.05) is 18.5 Å². The average molecular weight is 473 g/mol. The van der Waals surface area contributed by atoms with E-state index in [0.717, 1.165) is 0 Å². The molecule has 2 aliphatic heterocycles. The smallest absolute Gasteiger partial charge is 0.408 e. The molecule has 0 bridgehead atoms. The molecule has 2 saturated heterocycles. The first-order chi connectivity index (χ1) is 15.6. The molecule has 2 amide bonds. The quantitative estimate of drug-likeness (QED) is 0.667. The molecule has 2 fully saturated rings. The van der Waals surface area contributed by atoms with Gasteiger partial charge in [0.15, 0.2) is 0 Å². The number of anilines is 1. The number of amides is 2. The van der Waals surface area contributed by atoms with Crippen LogP contribution in [0.25, 0.3) is 0 Å². The summed E-state index contributed by atoms with van der Waals surface area (Å²) in [5, 5.41) is 21.9. The van der Waals surface area contributed by atoms with E-state index in [1.54, 1.807) is 20.8 Å². The number of nitriles is 2. The van der Waals surface area contributed by atoms with Crippen molar-refractivity contribution in [3.63, 3.8) is 0 Å². The Kier molecular flexibility index (Phi) is 7.34. The van der Waals surface area contributed by atoms with Crippen molar-refractivity contribution >= 4 is 29.4 Å². The van der Waals surface area contributed by atoms with Gasteiger partial charge in [0.1, 0.15) is 34.8 Å². The van der Waals surface area contributed by atoms with Crippen molar-refractivity contribution in [2.75, 3.05) is 24.5 Å². The first-order valence-electron chi connectivity index (χ1n) is 11.2. The molecule has 3 heterocycles. The van der Waals surface area contributed by atoms with Crippen LogP contribution in [-0.4, -0.2) is 59.2 Å². The van der Waals surface area contributed by atoms with Crippen molar-refractivity contribution in [1.29, 1.82) is 10.5 Å². The monoisotopic (exact) mass is 472 g/mol. The molecule has 33 heavy (non-hydrogen) atoms. The van der Waals surface area contributed by atoms with Gasteiger partial charge in [0.25, 0.3) is 0 Å². The number of hydrogen-bond donors (Lipinski definition) is 1. The Balaban J connectivity index is 1.66. The number of piperidine rings is 1. The van der Waals surface area contributed by atoms with E-state index in [1.807, 2.05) is 16.7 Å². The van der Waals surface area contributed by atoms with E-state index >= 15 is 0 Å². The molecule has 1 N–H and O–H groups in total. The third kappa shape index (κ3) is 5.31. The van der Waals surface area contributed by atoms with Crippen molar-refractivity contribution in [2.24, 2.45) is 0 Å². The van der Waals surface area contributed by atoms with Crippen molar-refractivity contribution in [1.82, 2.24) is 15.2 Å². The molecule has 3 rings (SSSR count). The van der Waals surface area contributed by atoms with Crippen LogP contribution < -0.4 is 10.2 Å². The van der Waals surface area contributed by atoms with E-state index in [1.165, 1.54) is 0 Å². The number of rotatable bonds is 4. The molecule has 2 aliphatic rings. The Morgan fingerprint density at radius 1 is 1.18 bits per heavy atom. The van der Waals surface area contributed by atoms with Crippen molar-refractivity contribution in [3.05, 3.63) is 21.8 Å². The molecule has 9 nitrogen and oxygen atoms in total. The fourth-order valence-electron chi connectivity index (χ4n) is 4.44. The summed E-state index contributed by atoms with van der Waals surface area (Å²) < 4.78 is 5.27. The van der Waals surface area contributed by atoms with Crippen molar-refractivity contribution in [3.8, 4) is 12.1 Å². The predicted octanol–water partition coefficient (Wildman–Crippen LogP) is 3.14. The molecule has 0 aromatic carbocycles. The maximum Gasteiger partial charge on any atom is 0.408 e. The second kappa shape index (κ2) is 9.84. The summed E-state index contributed by atoms with van der Waals surface area (Å²) in [6.07, 6.45) is 1.87. The van der Waals surface area contributed by atoms with Crippen molar-refractivity contribution < 1.29 is 14.3 Å². The van der Waals surface area contributed by atoms with Gasteiger partial charge in [-0.25, -0.2) is 9.78 Å². The number of carbonyl (C=O) groups excluding carboxylic acids is 2. The highest BCUT2D eigenvalue weighted by atomic mass is 35.5. The molecule has 0 aliphatic carbocycles. The van der Waals surface area contributed by atoms with E-state index in [4.69, 9.17) is 16.3 Å². The fraction of sp³-hybridized carbons (Fsp3) is 0.609. The molecular formula is C23H29ClN6O3. The molecule has 0 spiro atoms. The second-order valence-electron chi connectivity index (χ2n) is 9.27. The molecule has 1 aromatic heterocycles. The van der Waals surface area contributed by atoms with Gasteiger partial charge in [0.05, 0.1) is 11.1 Å². The largest absolute Gasteiger partial charge is 0.444 e. The zero-order valence-electron chi connectivity index (χ0n) is 19.4. The summed E-state index contributed by atoms with van der Waals surface area (Å²) >= 11 is 6.24. The molecule has 0 radical (unpaired) electrons. The van der Waals surface area contributed by atoms with Crippen LogP contribution in [0.2, 0.25) is 5.15 Å². The zero-order valence-corrected chi connectivity index (χ0v) is 20.2. The predicted molar refractivity (Wildman–Crippen MR) is 123 cm³/mol. The van der Waals surface area contributed by atoms with E-state index in [9.17, 15) is 20.1 Å². The molecule has 1 unspecified atom stereocenters. The van der Waals surface area contributed by atoms with Crippen molar-refractivity contribution in [2.45, 2.75) is 71.1 Å². The molecule has 0 saturated carbocycles. The lowest BCUT2D eigenvalue weighted by molar-refractivity contribution is -0.131. The van der Waals surface area contributed by atoms with Gasteiger partial charge in [-0.2, -0.15) is 10.5 Å². The van der Waals surface area contributed by atoms with E-state index in [-0.39, 0.29) is 22.7 Å². The Bertz CT molecular complexity index is 1010. The van der Waals surface area contributed by atoms with Crippen LogP contribution in [0, 0.1) is 22.7 Å². The number of halogens is 1. The van der Waals surface area contributed by atoms with Crippen LogP contribution in [0.4, 0.5) is 10.6 Å². The van der Waals surface area contributed by atoms with Gasteiger partial charge in [0.2, 0.25) is 5.91 Å². The third-order valence-electron chi connectivity index (χ3n) is 5.95. The van der Waals surface area contributed by atoms with Gasteiger partial charge >= 0.3 is 6.09 Å². The second-order valence-corrected chi connectivity index (χ2v) is 9.63. The fourth-order valence-corrected chi connectivity index (χ4v) is 4.68. The lowest BCUT2D eigenvalue weighted by atomic mass is 9.99. The molecule has 1 atom stereocenters. The third-order valence-corrected chi connectivity index (χ3v) is 6.22. The molecule has 1 aromatic rings. The number of carbonyl (C=O) groups is 2. The number of nitrogens with one attached hydrogen (secondary N) is 1. The van der Waals surface area contributed by atoms with Gasteiger partial charge in [-0.05, 0) is 52.0 Å². The highest BCUT2D eigenvalue weighted by molar-refractivity contribution is 6.30. The van der Waals surface area contributed by atoms with E-state index < -0.39 is 17.7 Å². The van der Waals surface area contributed by atoms with Crippen LogP contribution >= 0.6 is 11.6 Å². The molecule has 10 heteroatoms. The Hall–Kier alpha value is -3.04. The zero-order chi connectivity index (χ0) is 24.3. The SMILES string of the molecule is CCc1c(C#N)c(Cl)nc(N2CCC(N3CCC(NC(=O)OC(C)(C)C)C3=O)CC2)c1C#N. The number of ether oxygens (including phenoxy) is 1. The first kappa shape index (κ1) is 24.6. The highest BCUT2D eigenvalue weighted by Gasteiger charge is 2.39. The molecular weight excluding hydrogens is 444 g/mol. The number of aromatic nitrogens is 1. The summed E-state index contributed by atoms with van der Waals surface area (Å²) in [6.45, 7) is 9.00. The van der Waals surface area contributed by atoms with E-state index in [0.29, 0.717) is 62.3 Å². The minimum Gasteiger partial charge on any atom is -0.444 e. The maximum atomic E-state index is 12.9. The van der Waals surface area contributed by atoms with Crippen LogP contribution in [0.5, 0.6) is 0 Å². The summed E-state index contributed by atoms with van der Waals surface area (Å²) in [5.74, 6) is 0.402. The lowest BCUT2D eigenvalue weighted by Crippen LogP contribution is -2.49. The minimum absolute atomic E-state index is 0.0456. The van der Waals surface area contributed by atoms with Crippen LogP contribution in [0.3, 0.4) is 0 Å². The number of likely N-dealkylation sites (tertiary alicyclic amines) is 1. The number of hydrogen-bond acceptors (Lipinski definition) is 7. The van der Waals surface area contributed by atoms with Crippen LogP contribution in [0.15, 0.2) is 0 Å². The maximum absolute atomic E-state index is 12.9. The lowest BCUT2D eigenvalue weighted by Gasteiger charge is -2.38. The molecule has 176 valence electrons. The normalized spacial score (nSPS) is 19.2. The number of alkyl carbamates (subject to hydrolysis) is 1. The summed E-state index contributed by atoms with van der Waals surface area (Å²) in [6, 6.07) is 3.72. The minimum atomic E-state index is -0.624. The highest BCUT2D eigenvalue weighted by Crippen LogP contribution is 2.32. The Morgan fingerprint density at radius 3 is 2.36 bits per heavy atom. The van der Waals surface area contributed by atoms with Gasteiger partial charge < -0.3 is 19.9 Å². The van der Waals surface area contributed by atoms with E-state index in [2.05, 4.69) is 22.4 Å². The standard InChI is InChI=1S/C23H29ClN6O3/c1-5-15-16(12-25)19(24)28-20(17(15)13-26)29-9-6-14(7-10-29)30-11-8-18(21(30)31)27-22(32)33-23(2,3)4/h14,18H,5-11H2,1-4H3,(H,27,32). The summed E-state index contributed by atoms with van der Waals surface area (Å²) in [5.41, 5.74) is 0.625.